The van der Waals surface area contributed by atoms with Crippen LogP contribution in [-0.2, 0) is 0 Å². The van der Waals surface area contributed by atoms with Gasteiger partial charge in [-0.05, 0) is 65.0 Å². The minimum Gasteiger partial charge on any atom is -0.444 e. The fourth-order valence-corrected chi connectivity index (χ4v) is 3.25. The number of carbonyl (C=O) groups is 2. The number of benzene rings is 1. The smallest absolute Gasteiger partial charge is 0.291 e. The number of nitrogens with one attached hydrogen (secondary N) is 1. The summed E-state index contributed by atoms with van der Waals surface area (Å²) >= 11 is 3.16. The number of aliphatic hydroxyl groups excluding tert-OH is 1. The van der Waals surface area contributed by atoms with Crippen LogP contribution in [0.3, 0.4) is 0 Å². The number of halogens is 1. The summed E-state index contributed by atoms with van der Waals surface area (Å²) < 4.78 is 5.70. The van der Waals surface area contributed by atoms with E-state index in [1.165, 1.54) is 0 Å². The van der Waals surface area contributed by atoms with Gasteiger partial charge >= 0.3 is 0 Å². The fraction of sp³-hybridized carbons (Fsp3) is 0.333. The van der Waals surface area contributed by atoms with Gasteiger partial charge in [0.15, 0.2) is 10.4 Å². The van der Waals surface area contributed by atoms with E-state index in [1.54, 1.807) is 41.3 Å². The lowest BCUT2D eigenvalue weighted by atomic mass is 9.98. The number of hydrogen-bond acceptors (Lipinski definition) is 4. The Morgan fingerprint density at radius 1 is 1.32 bits per heavy atom. The van der Waals surface area contributed by atoms with Crippen molar-refractivity contribution < 1.29 is 19.1 Å². The van der Waals surface area contributed by atoms with Gasteiger partial charge in [0.1, 0.15) is 0 Å². The molecule has 0 radical (unpaired) electrons. The topological polar surface area (TPSA) is 82.8 Å². The van der Waals surface area contributed by atoms with Crippen LogP contribution in [-0.4, -0.2) is 41.5 Å². The third kappa shape index (κ3) is 4.29. The van der Waals surface area contributed by atoms with E-state index >= 15 is 0 Å². The highest BCUT2D eigenvalue weighted by atomic mass is 79.9. The monoisotopic (exact) mass is 406 g/mol. The van der Waals surface area contributed by atoms with Crippen LogP contribution in [0.25, 0.3) is 0 Å². The van der Waals surface area contributed by atoms with Crippen molar-refractivity contribution in [2.45, 2.75) is 12.8 Å². The van der Waals surface area contributed by atoms with Crippen LogP contribution in [0.15, 0.2) is 45.5 Å². The minimum atomic E-state index is -0.381. The highest BCUT2D eigenvalue weighted by Crippen LogP contribution is 2.20. The summed E-state index contributed by atoms with van der Waals surface area (Å²) in [6, 6.07) is 10.0. The standard InChI is InChI=1S/C18H19BrN2O4/c19-16-7-6-15(25-16)17(23)20-14-5-1-4-13(9-14)18(24)21-8-2-3-12(10-21)11-22/h1,4-7,9,12,22H,2-3,8,10-11H2,(H,20,23). The van der Waals surface area contributed by atoms with Crippen LogP contribution in [0.2, 0.25) is 0 Å². The summed E-state index contributed by atoms with van der Waals surface area (Å²) in [5.74, 6) is -0.146. The quantitative estimate of drug-likeness (QED) is 0.816. The molecule has 0 saturated carbocycles. The molecule has 1 aliphatic rings. The number of amides is 2. The van der Waals surface area contributed by atoms with Crippen molar-refractivity contribution in [2.75, 3.05) is 25.0 Å². The molecule has 132 valence electrons. The van der Waals surface area contributed by atoms with E-state index in [9.17, 15) is 14.7 Å². The number of hydrogen-bond donors (Lipinski definition) is 2. The Morgan fingerprint density at radius 2 is 2.16 bits per heavy atom. The zero-order chi connectivity index (χ0) is 17.8. The Labute approximate surface area is 153 Å². The molecule has 2 heterocycles. The van der Waals surface area contributed by atoms with Crippen molar-refractivity contribution in [1.82, 2.24) is 4.90 Å². The SMILES string of the molecule is O=C(Nc1cccc(C(=O)N2CCCC(CO)C2)c1)c1ccc(Br)o1. The third-order valence-corrected chi connectivity index (χ3v) is 4.65. The second-order valence-electron chi connectivity index (χ2n) is 6.08. The lowest BCUT2D eigenvalue weighted by molar-refractivity contribution is 0.0620. The van der Waals surface area contributed by atoms with Gasteiger partial charge in [-0.15, -0.1) is 0 Å². The highest BCUT2D eigenvalue weighted by Gasteiger charge is 2.24. The first-order valence-electron chi connectivity index (χ1n) is 8.13. The number of furan rings is 1. The molecule has 0 bridgehead atoms. The number of rotatable bonds is 4. The normalized spacial score (nSPS) is 17.4. The van der Waals surface area contributed by atoms with Crippen molar-refractivity contribution >= 4 is 33.4 Å². The van der Waals surface area contributed by atoms with Gasteiger partial charge in [0.05, 0.1) is 0 Å². The molecule has 25 heavy (non-hydrogen) atoms. The lowest BCUT2D eigenvalue weighted by Gasteiger charge is -2.32. The van der Waals surface area contributed by atoms with Crippen LogP contribution in [0, 0.1) is 5.92 Å². The summed E-state index contributed by atoms with van der Waals surface area (Å²) in [5.41, 5.74) is 1.04. The average molecular weight is 407 g/mol. The van der Waals surface area contributed by atoms with Gasteiger partial charge in [0, 0.05) is 30.9 Å². The third-order valence-electron chi connectivity index (χ3n) is 4.23. The van der Waals surface area contributed by atoms with Crippen LogP contribution in [0.5, 0.6) is 0 Å². The predicted octanol–water partition coefficient (Wildman–Crippen LogP) is 3.14. The van der Waals surface area contributed by atoms with Gasteiger partial charge in [-0.1, -0.05) is 6.07 Å². The Morgan fingerprint density at radius 3 is 2.88 bits per heavy atom. The molecule has 0 spiro atoms. The summed E-state index contributed by atoms with van der Waals surface area (Å²) in [6.45, 7) is 1.34. The van der Waals surface area contributed by atoms with Gasteiger partial charge in [-0.2, -0.15) is 0 Å². The molecular formula is C18H19BrN2O4. The largest absolute Gasteiger partial charge is 0.444 e. The predicted molar refractivity (Wildman–Crippen MR) is 96.5 cm³/mol. The van der Waals surface area contributed by atoms with Crippen molar-refractivity contribution in [1.29, 1.82) is 0 Å². The van der Waals surface area contributed by atoms with E-state index in [1.807, 2.05) is 0 Å². The number of anilines is 1. The van der Waals surface area contributed by atoms with E-state index in [4.69, 9.17) is 4.42 Å². The molecule has 1 aliphatic heterocycles. The zero-order valence-corrected chi connectivity index (χ0v) is 15.2. The summed E-state index contributed by atoms with van der Waals surface area (Å²) in [5, 5.41) is 12.0. The first-order chi connectivity index (χ1) is 12.1. The summed E-state index contributed by atoms with van der Waals surface area (Å²) in [7, 11) is 0. The molecule has 7 heteroatoms. The summed E-state index contributed by atoms with van der Waals surface area (Å²) in [6.07, 6.45) is 1.83. The Bertz CT molecular complexity index is 774. The second kappa shape index (κ2) is 7.84. The van der Waals surface area contributed by atoms with E-state index in [0.29, 0.717) is 29.0 Å². The Hall–Kier alpha value is -2.12. The molecule has 2 aromatic rings. The van der Waals surface area contributed by atoms with Crippen LogP contribution in [0.4, 0.5) is 5.69 Å². The van der Waals surface area contributed by atoms with E-state index in [2.05, 4.69) is 21.2 Å². The van der Waals surface area contributed by atoms with Gasteiger partial charge in [-0.25, -0.2) is 0 Å². The molecule has 1 unspecified atom stereocenters. The van der Waals surface area contributed by atoms with Crippen molar-refractivity contribution in [3.8, 4) is 0 Å². The number of piperidine rings is 1. The maximum Gasteiger partial charge on any atom is 0.291 e. The van der Waals surface area contributed by atoms with Gasteiger partial charge < -0.3 is 19.7 Å². The maximum absolute atomic E-state index is 12.7. The Balaban J connectivity index is 1.70. The minimum absolute atomic E-state index is 0.0880. The fourth-order valence-electron chi connectivity index (χ4n) is 2.94. The van der Waals surface area contributed by atoms with Crippen LogP contribution in [0.1, 0.15) is 33.8 Å². The number of aliphatic hydroxyl groups is 1. The molecule has 1 fully saturated rings. The zero-order valence-electron chi connectivity index (χ0n) is 13.6. The first-order valence-corrected chi connectivity index (χ1v) is 8.93. The molecule has 1 aromatic heterocycles. The molecule has 2 amide bonds. The lowest BCUT2D eigenvalue weighted by Crippen LogP contribution is -2.40. The molecule has 0 aliphatic carbocycles. The molecular weight excluding hydrogens is 388 g/mol. The van der Waals surface area contributed by atoms with Gasteiger partial charge in [0.2, 0.25) is 0 Å². The Kier molecular flexibility index (Phi) is 5.55. The number of carbonyl (C=O) groups excluding carboxylic acids is 2. The van der Waals surface area contributed by atoms with Crippen molar-refractivity contribution in [2.24, 2.45) is 5.92 Å². The molecule has 1 atom stereocenters. The highest BCUT2D eigenvalue weighted by molar-refractivity contribution is 9.10. The van der Waals surface area contributed by atoms with E-state index in [0.717, 1.165) is 12.8 Å². The first kappa shape index (κ1) is 17.7. The molecule has 3 rings (SSSR count). The molecule has 2 N–H and O–H groups in total. The molecule has 1 aromatic carbocycles. The van der Waals surface area contributed by atoms with Gasteiger partial charge in [0.25, 0.3) is 11.8 Å². The molecule has 6 nitrogen and oxygen atoms in total. The second-order valence-corrected chi connectivity index (χ2v) is 6.86. The van der Waals surface area contributed by atoms with Crippen molar-refractivity contribution in [3.63, 3.8) is 0 Å². The van der Waals surface area contributed by atoms with E-state index in [-0.39, 0.29) is 30.1 Å². The summed E-state index contributed by atoms with van der Waals surface area (Å²) in [4.78, 5) is 26.6. The number of nitrogens with zero attached hydrogens (tertiary/aromatic N) is 1. The molecule has 1 saturated heterocycles. The average Bonchev–Trinajstić information content (AvgIpc) is 3.08. The number of likely N-dealkylation sites (tertiary alicyclic amines) is 1. The van der Waals surface area contributed by atoms with Crippen LogP contribution >= 0.6 is 15.9 Å². The van der Waals surface area contributed by atoms with Gasteiger partial charge in [-0.3, -0.25) is 9.59 Å². The van der Waals surface area contributed by atoms with E-state index < -0.39 is 0 Å². The maximum atomic E-state index is 12.7. The van der Waals surface area contributed by atoms with Crippen molar-refractivity contribution in [3.05, 3.63) is 52.4 Å². The van der Waals surface area contributed by atoms with Crippen LogP contribution < -0.4 is 5.32 Å².